The molecule has 0 unspecified atom stereocenters. The summed E-state index contributed by atoms with van der Waals surface area (Å²) in [7, 11) is 1.43. The van der Waals surface area contributed by atoms with E-state index in [-0.39, 0.29) is 34.0 Å². The van der Waals surface area contributed by atoms with Crippen LogP contribution in [-0.4, -0.2) is 39.4 Å². The first-order valence-corrected chi connectivity index (χ1v) is 12.8. The van der Waals surface area contributed by atoms with E-state index in [4.69, 9.17) is 0 Å². The van der Waals surface area contributed by atoms with Crippen molar-refractivity contribution in [1.29, 1.82) is 0 Å². The average molecular weight is 569 g/mol. The third-order valence-electron chi connectivity index (χ3n) is 7.31. The lowest BCUT2D eigenvalue weighted by molar-refractivity contribution is -0.137. The lowest BCUT2D eigenvalue weighted by Gasteiger charge is -2.29. The molecule has 7 nitrogen and oxygen atoms in total. The number of amides is 1. The van der Waals surface area contributed by atoms with Crippen LogP contribution in [0.1, 0.15) is 47.3 Å². The highest BCUT2D eigenvalue weighted by molar-refractivity contribution is 5.93. The van der Waals surface area contributed by atoms with Gasteiger partial charge >= 0.3 is 6.18 Å². The van der Waals surface area contributed by atoms with Crippen molar-refractivity contribution in [3.63, 3.8) is 0 Å². The van der Waals surface area contributed by atoms with Gasteiger partial charge in [0.2, 0.25) is 0 Å². The Labute approximate surface area is 232 Å². The first-order valence-electron chi connectivity index (χ1n) is 12.8. The average Bonchev–Trinajstić information content (AvgIpc) is 3.46. The van der Waals surface area contributed by atoms with E-state index in [9.17, 15) is 26.7 Å². The van der Waals surface area contributed by atoms with Crippen LogP contribution in [0.4, 0.5) is 33.5 Å². The van der Waals surface area contributed by atoms with Gasteiger partial charge in [0.15, 0.2) is 5.82 Å². The van der Waals surface area contributed by atoms with E-state index >= 15 is 0 Å². The molecule has 41 heavy (non-hydrogen) atoms. The van der Waals surface area contributed by atoms with Crippen molar-refractivity contribution in [3.8, 4) is 11.4 Å². The summed E-state index contributed by atoms with van der Waals surface area (Å²) in [6.45, 7) is 0.291. The first kappa shape index (κ1) is 28.1. The maximum Gasteiger partial charge on any atom is 0.417 e. The molecule has 5 rings (SSSR count). The highest BCUT2D eigenvalue weighted by atomic mass is 19.4. The Morgan fingerprint density at radius 1 is 1.00 bits per heavy atom. The molecule has 1 aliphatic rings. The van der Waals surface area contributed by atoms with Crippen molar-refractivity contribution < 1.29 is 26.7 Å². The number of anilines is 2. The predicted octanol–water partition coefficient (Wildman–Crippen LogP) is 6.24. The van der Waals surface area contributed by atoms with Crippen molar-refractivity contribution in [2.75, 3.05) is 18.5 Å². The summed E-state index contributed by atoms with van der Waals surface area (Å²) in [6, 6.07) is 8.87. The summed E-state index contributed by atoms with van der Waals surface area (Å²) in [5, 5.41) is 2.92. The standard InChI is InChI=1S/C29H25F5N6O/c1-40(24-7-6-21(30)12-22(24)31)25-13-23(38-26(39-25)18-11-20(16-36-14-18)29(32,33)34)27(41)37-17-28(8-2-3-9-28)19-5-4-10-35-15-19/h4-7,10-16H,2-3,8-9,17H2,1H3,(H,37,41). The Morgan fingerprint density at radius 2 is 1.78 bits per heavy atom. The van der Waals surface area contributed by atoms with Gasteiger partial charge in [-0.1, -0.05) is 18.9 Å². The maximum absolute atomic E-state index is 14.6. The molecule has 0 spiro atoms. The van der Waals surface area contributed by atoms with E-state index in [1.165, 1.54) is 24.1 Å². The van der Waals surface area contributed by atoms with Crippen LogP contribution in [0.3, 0.4) is 0 Å². The van der Waals surface area contributed by atoms with Crippen LogP contribution in [0, 0.1) is 11.6 Å². The molecule has 1 aliphatic carbocycles. The minimum Gasteiger partial charge on any atom is -0.350 e. The second-order valence-electron chi connectivity index (χ2n) is 9.96. The van der Waals surface area contributed by atoms with Crippen molar-refractivity contribution >= 4 is 17.4 Å². The highest BCUT2D eigenvalue weighted by Crippen LogP contribution is 2.40. The minimum atomic E-state index is -4.67. The summed E-state index contributed by atoms with van der Waals surface area (Å²) >= 11 is 0. The van der Waals surface area contributed by atoms with E-state index in [2.05, 4.69) is 25.3 Å². The third kappa shape index (κ3) is 6.01. The number of benzene rings is 1. The lowest BCUT2D eigenvalue weighted by atomic mass is 9.79. The molecular weight excluding hydrogens is 543 g/mol. The largest absolute Gasteiger partial charge is 0.417 e. The third-order valence-corrected chi connectivity index (χ3v) is 7.31. The first-order chi connectivity index (χ1) is 19.6. The summed E-state index contributed by atoms with van der Waals surface area (Å²) in [5.41, 5.74) is -0.633. The molecule has 1 N–H and O–H groups in total. The van der Waals surface area contributed by atoms with Gasteiger partial charge in [-0.15, -0.1) is 0 Å². The molecule has 0 radical (unpaired) electrons. The van der Waals surface area contributed by atoms with Gasteiger partial charge in [-0.2, -0.15) is 13.2 Å². The molecule has 1 aromatic carbocycles. The molecule has 212 valence electrons. The van der Waals surface area contributed by atoms with E-state index in [0.717, 1.165) is 49.6 Å². The van der Waals surface area contributed by atoms with E-state index < -0.39 is 29.3 Å². The van der Waals surface area contributed by atoms with Crippen LogP contribution in [0.25, 0.3) is 11.4 Å². The lowest BCUT2D eigenvalue weighted by Crippen LogP contribution is -2.39. The molecular formula is C29H25F5N6O. The molecule has 1 fully saturated rings. The fourth-order valence-electron chi connectivity index (χ4n) is 5.08. The van der Waals surface area contributed by atoms with Gasteiger partial charge in [-0.05, 0) is 42.7 Å². The number of hydrogen-bond donors (Lipinski definition) is 1. The number of carbonyl (C=O) groups is 1. The fourth-order valence-corrected chi connectivity index (χ4v) is 5.08. The van der Waals surface area contributed by atoms with E-state index in [0.29, 0.717) is 18.8 Å². The van der Waals surface area contributed by atoms with Gasteiger partial charge < -0.3 is 10.2 Å². The zero-order valence-corrected chi connectivity index (χ0v) is 21.9. The maximum atomic E-state index is 14.6. The zero-order chi connectivity index (χ0) is 29.2. The summed E-state index contributed by atoms with van der Waals surface area (Å²) in [6.07, 6.45) is 4.28. The van der Waals surface area contributed by atoms with Crippen molar-refractivity contribution in [2.24, 2.45) is 0 Å². The topological polar surface area (TPSA) is 83.9 Å². The molecule has 3 heterocycles. The van der Waals surface area contributed by atoms with Crippen LogP contribution in [-0.2, 0) is 11.6 Å². The number of alkyl halides is 3. The fraction of sp³-hybridized carbons (Fsp3) is 0.276. The van der Waals surface area contributed by atoms with Gasteiger partial charge in [0.05, 0.1) is 11.3 Å². The number of hydrogen-bond acceptors (Lipinski definition) is 6. The van der Waals surface area contributed by atoms with Gasteiger partial charge in [0.1, 0.15) is 23.1 Å². The quantitative estimate of drug-likeness (QED) is 0.266. The molecule has 1 saturated carbocycles. The molecule has 0 atom stereocenters. The summed E-state index contributed by atoms with van der Waals surface area (Å²) in [5.74, 6) is -2.47. The van der Waals surface area contributed by atoms with Crippen LogP contribution in [0.5, 0.6) is 0 Å². The van der Waals surface area contributed by atoms with Crippen molar-refractivity contribution in [3.05, 3.63) is 95.7 Å². The van der Waals surface area contributed by atoms with Crippen molar-refractivity contribution in [1.82, 2.24) is 25.3 Å². The second kappa shape index (κ2) is 11.2. The molecule has 12 heteroatoms. The van der Waals surface area contributed by atoms with Crippen LogP contribution >= 0.6 is 0 Å². The Hall–Kier alpha value is -4.48. The molecule has 1 amide bonds. The van der Waals surface area contributed by atoms with Crippen LogP contribution < -0.4 is 10.2 Å². The van der Waals surface area contributed by atoms with Gasteiger partial charge in [-0.3, -0.25) is 14.8 Å². The summed E-state index contributed by atoms with van der Waals surface area (Å²) < 4.78 is 68.3. The number of rotatable bonds is 7. The zero-order valence-electron chi connectivity index (χ0n) is 21.9. The monoisotopic (exact) mass is 568 g/mol. The number of halogens is 5. The Kier molecular flexibility index (Phi) is 7.65. The van der Waals surface area contributed by atoms with Gasteiger partial charge in [-0.25, -0.2) is 18.7 Å². The molecule has 0 bridgehead atoms. The Bertz CT molecular complexity index is 1560. The van der Waals surface area contributed by atoms with Crippen molar-refractivity contribution in [2.45, 2.75) is 37.3 Å². The van der Waals surface area contributed by atoms with Crippen LogP contribution in [0.2, 0.25) is 0 Å². The SMILES string of the molecule is CN(c1cc(C(=O)NCC2(c3cccnc3)CCCC2)nc(-c2cncc(C(F)(F)F)c2)n1)c1ccc(F)cc1F. The smallest absolute Gasteiger partial charge is 0.350 e. The highest BCUT2D eigenvalue weighted by Gasteiger charge is 2.36. The van der Waals surface area contributed by atoms with E-state index in [1.54, 1.807) is 12.4 Å². The number of nitrogens with one attached hydrogen (secondary N) is 1. The van der Waals surface area contributed by atoms with Crippen LogP contribution in [0.15, 0.2) is 67.3 Å². The number of aromatic nitrogens is 4. The Morgan fingerprint density at radius 3 is 2.46 bits per heavy atom. The minimum absolute atomic E-state index is 0.00547. The molecule has 4 aromatic rings. The number of carbonyl (C=O) groups excluding carboxylic acids is 1. The molecule has 0 aliphatic heterocycles. The van der Waals surface area contributed by atoms with E-state index in [1.807, 2.05) is 12.1 Å². The normalized spacial score (nSPS) is 14.6. The Balaban J connectivity index is 1.52. The molecule has 0 saturated heterocycles. The number of nitrogens with zero attached hydrogens (tertiary/aromatic N) is 5. The number of pyridine rings is 2. The predicted molar refractivity (Wildman–Crippen MR) is 141 cm³/mol. The van der Waals surface area contributed by atoms with Gasteiger partial charge in [0.25, 0.3) is 5.91 Å². The summed E-state index contributed by atoms with van der Waals surface area (Å²) in [4.78, 5) is 31.2. The second-order valence-corrected chi connectivity index (χ2v) is 9.96. The molecule has 3 aromatic heterocycles. The van der Waals surface area contributed by atoms with Gasteiger partial charge in [0, 0.05) is 61.5 Å².